The van der Waals surface area contributed by atoms with Gasteiger partial charge in [0.25, 0.3) is 0 Å². The van der Waals surface area contributed by atoms with Gasteiger partial charge in [0.1, 0.15) is 11.9 Å². The molecular weight excluding hydrogens is 498 g/mol. The Labute approximate surface area is 203 Å². The van der Waals surface area contributed by atoms with Crippen LogP contribution in [0.5, 0.6) is 0 Å². The van der Waals surface area contributed by atoms with E-state index in [4.69, 9.17) is 5.41 Å². The predicted molar refractivity (Wildman–Crippen MR) is 128 cm³/mol. The number of carbonyl (C=O) groups is 2. The average Bonchev–Trinajstić information content (AvgIpc) is 2.82. The maximum atomic E-state index is 12.4. The molecule has 190 valence electrons. The molecule has 0 unspecified atom stereocenters. The van der Waals surface area contributed by atoms with E-state index in [-0.39, 0.29) is 28.6 Å². The molecule has 1 atom stereocenters. The topological polar surface area (TPSA) is 195 Å². The van der Waals surface area contributed by atoms with E-state index in [1.165, 1.54) is 48.5 Å². The van der Waals surface area contributed by atoms with Crippen molar-refractivity contribution in [2.75, 3.05) is 19.6 Å². The second kappa shape index (κ2) is 12.4. The fourth-order valence-electron chi connectivity index (χ4n) is 2.80. The van der Waals surface area contributed by atoms with Gasteiger partial charge in [-0.15, -0.1) is 0 Å². The van der Waals surface area contributed by atoms with Crippen LogP contribution in [0.4, 0.5) is 0 Å². The number of benzene rings is 2. The maximum absolute atomic E-state index is 12.4. The number of carboxylic acid groups (broad SMARTS) is 1. The summed E-state index contributed by atoms with van der Waals surface area (Å²) in [4.78, 5) is 23.3. The molecule has 0 spiro atoms. The Kier molecular flexibility index (Phi) is 9.89. The molecule has 0 aromatic heterocycles. The van der Waals surface area contributed by atoms with Crippen molar-refractivity contribution in [1.29, 1.82) is 5.41 Å². The molecule has 12 nitrogen and oxygen atoms in total. The number of hydrogen-bond acceptors (Lipinski definition) is 7. The molecule has 0 fully saturated rings. The van der Waals surface area contributed by atoms with Crippen LogP contribution in [-0.4, -0.2) is 65.3 Å². The highest BCUT2D eigenvalue weighted by Crippen LogP contribution is 2.11. The summed E-state index contributed by atoms with van der Waals surface area (Å²) in [5, 5.41) is 22.2. The Hall–Kier alpha value is -3.33. The number of amidine groups is 1. The zero-order valence-corrected chi connectivity index (χ0v) is 20.4. The molecule has 0 aliphatic carbocycles. The summed E-state index contributed by atoms with van der Waals surface area (Å²) >= 11 is 0. The Morgan fingerprint density at radius 2 is 1.51 bits per heavy atom. The molecule has 35 heavy (non-hydrogen) atoms. The first kappa shape index (κ1) is 27.9. The van der Waals surface area contributed by atoms with Crippen molar-refractivity contribution >= 4 is 37.8 Å². The SMILES string of the molecule is CCNC(=N)c1ccc(S(=O)(=O)NCCC(=O)NC[C@H](NS(=O)(=O)c2ccccc2)C(=O)O)cc1. The average molecular weight is 526 g/mol. The highest BCUT2D eigenvalue weighted by atomic mass is 32.2. The molecule has 2 rings (SSSR count). The minimum absolute atomic E-state index is 0.0489. The molecule has 0 aliphatic heterocycles. The summed E-state index contributed by atoms with van der Waals surface area (Å²) < 4.78 is 53.7. The van der Waals surface area contributed by atoms with Crippen molar-refractivity contribution in [2.24, 2.45) is 0 Å². The van der Waals surface area contributed by atoms with E-state index in [9.17, 15) is 31.5 Å². The number of carbonyl (C=O) groups excluding carboxylic acids is 1. The molecule has 0 heterocycles. The number of sulfonamides is 2. The van der Waals surface area contributed by atoms with Gasteiger partial charge in [0.2, 0.25) is 26.0 Å². The predicted octanol–water partition coefficient (Wildman–Crippen LogP) is -0.162. The van der Waals surface area contributed by atoms with Crippen molar-refractivity contribution in [3.8, 4) is 0 Å². The largest absolute Gasteiger partial charge is 0.480 e. The van der Waals surface area contributed by atoms with E-state index in [1.807, 2.05) is 11.6 Å². The lowest BCUT2D eigenvalue weighted by Gasteiger charge is -2.16. The lowest BCUT2D eigenvalue weighted by Crippen LogP contribution is -2.48. The molecule has 6 N–H and O–H groups in total. The fraction of sp³-hybridized carbons (Fsp3) is 0.286. The van der Waals surface area contributed by atoms with Gasteiger partial charge in [-0.25, -0.2) is 21.6 Å². The standard InChI is InChI=1S/C21H27N5O7S2/c1-2-23-20(22)15-8-10-17(11-9-15)34(30,31)25-13-12-19(27)24-14-18(21(28)29)26-35(32,33)16-6-4-3-5-7-16/h3-11,18,25-26H,2,12-14H2,1H3,(H2,22,23)(H,24,27)(H,28,29)/t18-/m0/s1. The number of carboxylic acids is 1. The van der Waals surface area contributed by atoms with Gasteiger partial charge < -0.3 is 15.7 Å². The Bertz CT molecular complexity index is 1250. The third-order valence-corrected chi connectivity index (χ3v) is 7.57. The highest BCUT2D eigenvalue weighted by Gasteiger charge is 2.26. The molecule has 1 amide bonds. The molecule has 2 aromatic rings. The Morgan fingerprint density at radius 3 is 2.09 bits per heavy atom. The summed E-state index contributed by atoms with van der Waals surface area (Å²) in [6.07, 6.45) is -0.305. The number of nitrogens with one attached hydrogen (secondary N) is 5. The van der Waals surface area contributed by atoms with Crippen molar-refractivity contribution in [3.63, 3.8) is 0 Å². The minimum atomic E-state index is -4.12. The van der Waals surface area contributed by atoms with Crippen LogP contribution in [0.25, 0.3) is 0 Å². The van der Waals surface area contributed by atoms with Gasteiger partial charge >= 0.3 is 5.97 Å². The summed E-state index contributed by atoms with van der Waals surface area (Å²) in [6.45, 7) is 1.58. The van der Waals surface area contributed by atoms with Crippen LogP contribution >= 0.6 is 0 Å². The first-order valence-corrected chi connectivity index (χ1v) is 13.4. The zero-order chi connectivity index (χ0) is 26.1. The van der Waals surface area contributed by atoms with Gasteiger partial charge in [0.05, 0.1) is 9.79 Å². The van der Waals surface area contributed by atoms with E-state index in [1.54, 1.807) is 6.07 Å². The van der Waals surface area contributed by atoms with E-state index in [0.717, 1.165) is 0 Å². The first-order valence-electron chi connectivity index (χ1n) is 10.5. The summed E-state index contributed by atoms with van der Waals surface area (Å²) in [5.41, 5.74) is 0.515. The first-order chi connectivity index (χ1) is 16.5. The highest BCUT2D eigenvalue weighted by molar-refractivity contribution is 7.89. The molecule has 0 radical (unpaired) electrons. The van der Waals surface area contributed by atoms with Gasteiger partial charge in [-0.05, 0) is 43.3 Å². The van der Waals surface area contributed by atoms with E-state index >= 15 is 0 Å². The van der Waals surface area contributed by atoms with Crippen LogP contribution in [0.2, 0.25) is 0 Å². The lowest BCUT2D eigenvalue weighted by molar-refractivity contribution is -0.138. The normalized spacial score (nSPS) is 12.5. The van der Waals surface area contributed by atoms with Crippen molar-refractivity contribution < 1.29 is 31.5 Å². The monoisotopic (exact) mass is 525 g/mol. The van der Waals surface area contributed by atoms with Crippen molar-refractivity contribution in [3.05, 3.63) is 60.2 Å². The summed E-state index contributed by atoms with van der Waals surface area (Å²) in [5.74, 6) is -2.00. The van der Waals surface area contributed by atoms with Crippen LogP contribution < -0.4 is 20.1 Å². The molecule has 0 bridgehead atoms. The molecule has 2 aromatic carbocycles. The maximum Gasteiger partial charge on any atom is 0.323 e. The number of rotatable bonds is 13. The number of aliphatic carboxylic acids is 1. The molecule has 14 heteroatoms. The van der Waals surface area contributed by atoms with Gasteiger partial charge in [0, 0.05) is 31.6 Å². The third-order valence-electron chi connectivity index (χ3n) is 4.60. The molecule has 0 saturated carbocycles. The van der Waals surface area contributed by atoms with Gasteiger partial charge in [-0.1, -0.05) is 18.2 Å². The Balaban J connectivity index is 1.87. The number of amides is 1. The van der Waals surface area contributed by atoms with Crippen LogP contribution in [0.15, 0.2) is 64.4 Å². The van der Waals surface area contributed by atoms with Crippen molar-refractivity contribution in [1.82, 2.24) is 20.1 Å². The molecule has 0 saturated heterocycles. The van der Waals surface area contributed by atoms with Crippen LogP contribution in [0, 0.1) is 5.41 Å². The zero-order valence-electron chi connectivity index (χ0n) is 18.8. The molecule has 0 aliphatic rings. The number of hydrogen-bond donors (Lipinski definition) is 6. The van der Waals surface area contributed by atoms with Crippen LogP contribution in [0.1, 0.15) is 18.9 Å². The van der Waals surface area contributed by atoms with E-state index in [0.29, 0.717) is 12.1 Å². The van der Waals surface area contributed by atoms with Gasteiger partial charge in [-0.2, -0.15) is 4.72 Å². The molecular formula is C21H27N5O7S2. The van der Waals surface area contributed by atoms with Gasteiger partial charge in [0.15, 0.2) is 0 Å². The summed E-state index contributed by atoms with van der Waals surface area (Å²) in [6, 6.07) is 11.2. The van der Waals surface area contributed by atoms with Crippen LogP contribution in [-0.2, 0) is 29.6 Å². The van der Waals surface area contributed by atoms with E-state index in [2.05, 4.69) is 15.4 Å². The van der Waals surface area contributed by atoms with Gasteiger partial charge in [-0.3, -0.25) is 15.0 Å². The lowest BCUT2D eigenvalue weighted by atomic mass is 10.2. The second-order valence-corrected chi connectivity index (χ2v) is 10.7. The summed E-state index contributed by atoms with van der Waals surface area (Å²) in [7, 11) is -8.04. The van der Waals surface area contributed by atoms with E-state index < -0.39 is 44.5 Å². The Morgan fingerprint density at radius 1 is 0.914 bits per heavy atom. The minimum Gasteiger partial charge on any atom is -0.480 e. The second-order valence-electron chi connectivity index (χ2n) is 7.21. The fourth-order valence-corrected chi connectivity index (χ4v) is 5.04. The van der Waals surface area contributed by atoms with Crippen molar-refractivity contribution in [2.45, 2.75) is 29.2 Å². The quantitative estimate of drug-likeness (QED) is 0.153. The third kappa shape index (κ3) is 8.43. The smallest absolute Gasteiger partial charge is 0.323 e. The van der Waals surface area contributed by atoms with Crippen LogP contribution in [0.3, 0.4) is 0 Å².